The molecule has 1 aliphatic rings. The second-order valence-corrected chi connectivity index (χ2v) is 11.0. The Morgan fingerprint density at radius 3 is 1.89 bits per heavy atom. The van der Waals surface area contributed by atoms with Crippen LogP contribution in [0.5, 0.6) is 0 Å². The first-order chi connectivity index (χ1) is 9.19. The number of rotatable bonds is 9. The van der Waals surface area contributed by atoms with Crippen molar-refractivity contribution in [1.29, 1.82) is 0 Å². The third kappa shape index (κ3) is 5.73. The first-order valence-electron chi connectivity index (χ1n) is 7.07. The lowest BCUT2D eigenvalue weighted by molar-refractivity contribution is 0.0522. The molecule has 19 heavy (non-hydrogen) atoms. The Balaban J connectivity index is 2.72. The summed E-state index contributed by atoms with van der Waals surface area (Å²) in [5, 5.41) is 0. The van der Waals surface area contributed by atoms with Crippen molar-refractivity contribution in [2.75, 3.05) is 19.8 Å². The Kier molecular flexibility index (Phi) is 8.61. The van der Waals surface area contributed by atoms with Crippen LogP contribution >= 0.6 is 0 Å². The van der Waals surface area contributed by atoms with Crippen LogP contribution in [0.3, 0.4) is 0 Å². The Morgan fingerprint density at radius 1 is 0.895 bits per heavy atom. The zero-order valence-corrected chi connectivity index (χ0v) is 15.7. The van der Waals surface area contributed by atoms with E-state index in [-0.39, 0.29) is 0 Å². The van der Waals surface area contributed by atoms with Crippen molar-refractivity contribution in [1.82, 2.24) is 0 Å². The van der Waals surface area contributed by atoms with Gasteiger partial charge in [-0.25, -0.2) is 0 Å². The first-order valence-corrected chi connectivity index (χ1v) is 11.8. The van der Waals surface area contributed by atoms with Gasteiger partial charge in [0.05, 0.1) is 0 Å². The summed E-state index contributed by atoms with van der Waals surface area (Å²) in [5.74, 6) is 0. The Labute approximate surface area is 120 Å². The minimum absolute atomic E-state index is 0.578. The summed E-state index contributed by atoms with van der Waals surface area (Å²) < 4.78 is 34.6. The number of hydrogen-bond acceptors (Lipinski definition) is 6. The third-order valence-corrected chi connectivity index (χ3v) is 11.7. The molecule has 1 fully saturated rings. The molecule has 1 aliphatic heterocycles. The molecule has 0 spiro atoms. The quantitative estimate of drug-likeness (QED) is 0.596. The molecule has 1 saturated heterocycles. The van der Waals surface area contributed by atoms with E-state index in [1.54, 1.807) is 0 Å². The van der Waals surface area contributed by atoms with Gasteiger partial charge in [-0.2, -0.15) is 0 Å². The molecule has 1 rings (SSSR count). The molecular formula is C10H26O6Si3. The molecular weight excluding hydrogens is 300 g/mol. The predicted molar refractivity (Wildman–Crippen MR) is 77.9 cm³/mol. The highest BCUT2D eigenvalue weighted by atomic mass is 28.5. The minimum atomic E-state index is -2.66. The Bertz CT molecular complexity index is 231. The fourth-order valence-corrected chi connectivity index (χ4v) is 11.6. The minimum Gasteiger partial charge on any atom is -0.377 e. The van der Waals surface area contributed by atoms with Crippen LogP contribution in [0.4, 0.5) is 0 Å². The van der Waals surface area contributed by atoms with E-state index < -0.39 is 27.9 Å². The summed E-state index contributed by atoms with van der Waals surface area (Å²) in [6.07, 6.45) is 2.10. The van der Waals surface area contributed by atoms with E-state index in [4.69, 9.17) is 25.6 Å². The van der Waals surface area contributed by atoms with E-state index in [1.165, 1.54) is 0 Å². The van der Waals surface area contributed by atoms with E-state index in [0.717, 1.165) is 18.9 Å². The molecule has 9 heteroatoms. The molecule has 2 atom stereocenters. The van der Waals surface area contributed by atoms with Crippen LogP contribution < -0.4 is 0 Å². The summed E-state index contributed by atoms with van der Waals surface area (Å²) in [7, 11) is -6.99. The average molecular weight is 327 g/mol. The number of unbranched alkanes of at least 4 members (excludes halogenated alkanes) is 1. The van der Waals surface area contributed by atoms with Gasteiger partial charge in [-0.15, -0.1) is 0 Å². The van der Waals surface area contributed by atoms with Crippen molar-refractivity contribution >= 4 is 27.9 Å². The lowest BCUT2D eigenvalue weighted by Gasteiger charge is -2.39. The highest BCUT2D eigenvalue weighted by Gasteiger charge is 2.52. The van der Waals surface area contributed by atoms with Crippen LogP contribution in [0.1, 0.15) is 40.5 Å². The molecule has 0 aromatic carbocycles. The van der Waals surface area contributed by atoms with Crippen molar-refractivity contribution < 1.29 is 25.6 Å². The maximum atomic E-state index is 5.98. The van der Waals surface area contributed by atoms with Gasteiger partial charge in [0.15, 0.2) is 0 Å². The van der Waals surface area contributed by atoms with Gasteiger partial charge in [0.25, 0.3) is 0 Å². The van der Waals surface area contributed by atoms with Crippen LogP contribution in [0.2, 0.25) is 6.04 Å². The summed E-state index contributed by atoms with van der Waals surface area (Å²) >= 11 is 0. The zero-order valence-electron chi connectivity index (χ0n) is 12.3. The monoisotopic (exact) mass is 326 g/mol. The number of hydrogen-bond donors (Lipinski definition) is 0. The second kappa shape index (κ2) is 9.37. The van der Waals surface area contributed by atoms with E-state index in [9.17, 15) is 0 Å². The van der Waals surface area contributed by atoms with E-state index in [0.29, 0.717) is 19.8 Å². The highest BCUT2D eigenvalue weighted by Crippen LogP contribution is 2.26. The zero-order chi connectivity index (χ0) is 14.1. The van der Waals surface area contributed by atoms with Crippen molar-refractivity contribution in [3.05, 3.63) is 0 Å². The molecule has 0 aliphatic carbocycles. The van der Waals surface area contributed by atoms with E-state index >= 15 is 0 Å². The average Bonchev–Trinajstić information content (AvgIpc) is 2.37. The van der Waals surface area contributed by atoms with Gasteiger partial charge < -0.3 is 25.6 Å². The molecule has 0 N–H and O–H groups in total. The predicted octanol–water partition coefficient (Wildman–Crippen LogP) is 1.33. The van der Waals surface area contributed by atoms with Crippen molar-refractivity contribution in [2.45, 2.75) is 46.6 Å². The highest BCUT2D eigenvalue weighted by molar-refractivity contribution is 6.77. The van der Waals surface area contributed by atoms with E-state index in [1.807, 2.05) is 20.8 Å². The maximum absolute atomic E-state index is 5.98. The molecule has 0 aromatic heterocycles. The fraction of sp³-hybridized carbons (Fsp3) is 1.00. The van der Waals surface area contributed by atoms with Gasteiger partial charge in [0.1, 0.15) is 0 Å². The van der Waals surface area contributed by atoms with Gasteiger partial charge in [-0.1, -0.05) is 13.3 Å². The van der Waals surface area contributed by atoms with Crippen LogP contribution in [-0.2, 0) is 25.6 Å². The Hall–Kier alpha value is 0.411. The van der Waals surface area contributed by atoms with Gasteiger partial charge in [0, 0.05) is 25.9 Å². The van der Waals surface area contributed by atoms with Crippen LogP contribution in [0, 0.1) is 0 Å². The van der Waals surface area contributed by atoms with E-state index in [2.05, 4.69) is 6.92 Å². The molecule has 0 bridgehead atoms. The maximum Gasteiger partial charge on any atom is 0.485 e. The van der Waals surface area contributed by atoms with Gasteiger partial charge in [-0.3, -0.25) is 0 Å². The standard InChI is InChI=1S/C10H26O6Si3/c1-5-9-10-19(13-8-4)15-17(11-6-2)14-18(16-19)12-7-3/h17-18H,5-10H2,1-4H3. The normalized spacial score (nSPS) is 31.6. The molecule has 0 amide bonds. The molecule has 1 heterocycles. The lowest BCUT2D eigenvalue weighted by Crippen LogP contribution is -2.61. The third-order valence-electron chi connectivity index (χ3n) is 2.58. The summed E-state index contributed by atoms with van der Waals surface area (Å²) in [4.78, 5) is 0. The lowest BCUT2D eigenvalue weighted by atomic mass is 10.4. The first kappa shape index (κ1) is 17.5. The van der Waals surface area contributed by atoms with Gasteiger partial charge in [-0.05, 0) is 27.2 Å². The Morgan fingerprint density at radius 2 is 1.47 bits per heavy atom. The van der Waals surface area contributed by atoms with Crippen molar-refractivity contribution in [2.24, 2.45) is 0 Å². The van der Waals surface area contributed by atoms with Crippen molar-refractivity contribution in [3.8, 4) is 0 Å². The van der Waals surface area contributed by atoms with Gasteiger partial charge >= 0.3 is 27.9 Å². The molecule has 0 radical (unpaired) electrons. The molecule has 0 saturated carbocycles. The smallest absolute Gasteiger partial charge is 0.377 e. The summed E-state index contributed by atoms with van der Waals surface area (Å²) in [5.41, 5.74) is 0. The van der Waals surface area contributed by atoms with Crippen LogP contribution in [0.15, 0.2) is 0 Å². The largest absolute Gasteiger partial charge is 0.485 e. The van der Waals surface area contributed by atoms with Crippen molar-refractivity contribution in [3.63, 3.8) is 0 Å². The SMILES string of the molecule is CCCC[Si]1(OCC)O[SiH](OCC)O[SiH](OCC)O1. The summed E-state index contributed by atoms with van der Waals surface area (Å²) in [6, 6.07) is 0.813. The molecule has 0 aromatic rings. The topological polar surface area (TPSA) is 55.4 Å². The summed E-state index contributed by atoms with van der Waals surface area (Å²) in [6.45, 7) is 9.70. The van der Waals surface area contributed by atoms with Crippen LogP contribution in [0.25, 0.3) is 0 Å². The molecule has 114 valence electrons. The fourth-order valence-electron chi connectivity index (χ4n) is 1.76. The van der Waals surface area contributed by atoms with Gasteiger partial charge in [0.2, 0.25) is 0 Å². The molecule has 6 nitrogen and oxygen atoms in total. The molecule has 2 unspecified atom stereocenters. The van der Waals surface area contributed by atoms with Crippen LogP contribution in [-0.4, -0.2) is 47.7 Å². The second-order valence-electron chi connectivity index (χ2n) is 4.08.